The number of hydrogen-bond donors (Lipinski definition) is 0. The van der Waals surface area contributed by atoms with Crippen LogP contribution < -0.4 is 0 Å². The number of ether oxygens (including phenoxy) is 2. The summed E-state index contributed by atoms with van der Waals surface area (Å²) >= 11 is 0. The van der Waals surface area contributed by atoms with Gasteiger partial charge in [-0.25, -0.2) is 9.78 Å². The second-order valence-electron chi connectivity index (χ2n) is 3.86. The van der Waals surface area contributed by atoms with Crippen LogP contribution in [0, 0.1) is 0 Å². The zero-order valence-electron chi connectivity index (χ0n) is 11.6. The first kappa shape index (κ1) is 15.6. The summed E-state index contributed by atoms with van der Waals surface area (Å²) < 4.78 is 9.32. The lowest BCUT2D eigenvalue weighted by atomic mass is 10.1. The fourth-order valence-electron chi connectivity index (χ4n) is 1.51. The SMILES string of the molecule is CCOC(=O)CN(C)C(=O)c1cccnc1C(=O)OC. The average Bonchev–Trinajstić information content (AvgIpc) is 2.45. The Bertz CT molecular complexity index is 515. The van der Waals surface area contributed by atoms with Crippen LogP contribution in [0.3, 0.4) is 0 Å². The van der Waals surface area contributed by atoms with E-state index in [4.69, 9.17) is 4.74 Å². The highest BCUT2D eigenvalue weighted by Gasteiger charge is 2.22. The molecule has 1 heterocycles. The molecule has 0 aliphatic carbocycles. The van der Waals surface area contributed by atoms with Crippen molar-refractivity contribution in [2.45, 2.75) is 6.92 Å². The van der Waals surface area contributed by atoms with E-state index in [-0.39, 0.29) is 24.4 Å². The number of carbonyl (C=O) groups is 3. The van der Waals surface area contributed by atoms with Crippen molar-refractivity contribution in [2.24, 2.45) is 0 Å². The summed E-state index contributed by atoms with van der Waals surface area (Å²) in [5.74, 6) is -1.74. The van der Waals surface area contributed by atoms with Crippen molar-refractivity contribution in [1.29, 1.82) is 0 Å². The fourth-order valence-corrected chi connectivity index (χ4v) is 1.51. The number of rotatable bonds is 5. The molecule has 0 saturated carbocycles. The Morgan fingerprint density at radius 1 is 1.35 bits per heavy atom. The molecule has 1 aromatic rings. The fraction of sp³-hybridized carbons (Fsp3) is 0.385. The number of amides is 1. The van der Waals surface area contributed by atoms with Gasteiger partial charge in [0.25, 0.3) is 5.91 Å². The molecule has 0 bridgehead atoms. The van der Waals surface area contributed by atoms with Crippen molar-refractivity contribution in [3.63, 3.8) is 0 Å². The molecule has 108 valence electrons. The van der Waals surface area contributed by atoms with Gasteiger partial charge in [0, 0.05) is 13.2 Å². The Hall–Kier alpha value is -2.44. The molecule has 0 N–H and O–H groups in total. The number of aromatic nitrogens is 1. The Labute approximate surface area is 116 Å². The molecule has 0 aliphatic heterocycles. The zero-order valence-corrected chi connectivity index (χ0v) is 11.6. The van der Waals surface area contributed by atoms with Gasteiger partial charge in [0.1, 0.15) is 6.54 Å². The van der Waals surface area contributed by atoms with Crippen LogP contribution >= 0.6 is 0 Å². The summed E-state index contributed by atoms with van der Waals surface area (Å²) in [6, 6.07) is 2.97. The predicted molar refractivity (Wildman–Crippen MR) is 69.2 cm³/mol. The van der Waals surface area contributed by atoms with Crippen molar-refractivity contribution in [3.8, 4) is 0 Å². The molecule has 7 nitrogen and oxygen atoms in total. The molecule has 0 aliphatic rings. The largest absolute Gasteiger partial charge is 0.465 e. The van der Waals surface area contributed by atoms with Crippen molar-refractivity contribution >= 4 is 17.8 Å². The molecular weight excluding hydrogens is 264 g/mol. The molecule has 0 saturated heterocycles. The van der Waals surface area contributed by atoms with Crippen LogP contribution in [0.2, 0.25) is 0 Å². The molecule has 0 spiro atoms. The number of esters is 2. The highest BCUT2D eigenvalue weighted by molar-refractivity contribution is 6.04. The first-order valence-electron chi connectivity index (χ1n) is 5.95. The third-order valence-electron chi connectivity index (χ3n) is 2.44. The third-order valence-corrected chi connectivity index (χ3v) is 2.44. The number of methoxy groups -OCH3 is 1. The molecule has 0 aromatic carbocycles. The van der Waals surface area contributed by atoms with Crippen LogP contribution in [0.1, 0.15) is 27.8 Å². The van der Waals surface area contributed by atoms with E-state index in [1.54, 1.807) is 6.92 Å². The smallest absolute Gasteiger partial charge is 0.357 e. The van der Waals surface area contributed by atoms with Crippen LogP contribution in [0.4, 0.5) is 0 Å². The summed E-state index contributed by atoms with van der Waals surface area (Å²) in [6.07, 6.45) is 1.38. The van der Waals surface area contributed by atoms with Gasteiger partial charge in [-0.2, -0.15) is 0 Å². The molecule has 7 heteroatoms. The van der Waals surface area contributed by atoms with Crippen molar-refractivity contribution in [2.75, 3.05) is 27.3 Å². The van der Waals surface area contributed by atoms with Crippen molar-refractivity contribution in [3.05, 3.63) is 29.6 Å². The van der Waals surface area contributed by atoms with E-state index in [1.807, 2.05) is 0 Å². The highest BCUT2D eigenvalue weighted by Crippen LogP contribution is 2.09. The highest BCUT2D eigenvalue weighted by atomic mass is 16.5. The van der Waals surface area contributed by atoms with E-state index in [2.05, 4.69) is 9.72 Å². The topological polar surface area (TPSA) is 85.8 Å². The van der Waals surface area contributed by atoms with Gasteiger partial charge in [-0.15, -0.1) is 0 Å². The maximum atomic E-state index is 12.2. The number of pyridine rings is 1. The number of nitrogens with zero attached hydrogens (tertiary/aromatic N) is 2. The van der Waals surface area contributed by atoms with Gasteiger partial charge in [0.15, 0.2) is 5.69 Å². The zero-order chi connectivity index (χ0) is 15.1. The molecule has 1 amide bonds. The summed E-state index contributed by atoms with van der Waals surface area (Å²) in [6.45, 7) is 1.71. The lowest BCUT2D eigenvalue weighted by Gasteiger charge is -2.17. The van der Waals surface area contributed by atoms with Crippen LogP contribution in [-0.2, 0) is 14.3 Å². The minimum Gasteiger partial charge on any atom is -0.465 e. The van der Waals surface area contributed by atoms with Crippen LogP contribution in [0.25, 0.3) is 0 Å². The lowest BCUT2D eigenvalue weighted by molar-refractivity contribution is -0.143. The van der Waals surface area contributed by atoms with Gasteiger partial charge in [-0.3, -0.25) is 9.59 Å². The molecular formula is C13H16N2O5. The monoisotopic (exact) mass is 280 g/mol. The maximum absolute atomic E-state index is 12.2. The van der Waals surface area contributed by atoms with Crippen molar-refractivity contribution < 1.29 is 23.9 Å². The summed E-state index contributed by atoms with van der Waals surface area (Å²) in [4.78, 5) is 40.1. The molecule has 20 heavy (non-hydrogen) atoms. The first-order valence-corrected chi connectivity index (χ1v) is 5.95. The number of likely N-dealkylation sites (N-methyl/N-ethyl adjacent to an activating group) is 1. The summed E-state index contributed by atoms with van der Waals surface area (Å²) in [7, 11) is 2.64. The summed E-state index contributed by atoms with van der Waals surface area (Å²) in [5.41, 5.74) is -0.0122. The quantitative estimate of drug-likeness (QED) is 0.730. The Balaban J connectivity index is 2.92. The van der Waals surface area contributed by atoms with Crippen LogP contribution in [0.15, 0.2) is 18.3 Å². The van der Waals surface area contributed by atoms with Gasteiger partial charge in [0.05, 0.1) is 19.3 Å². The second-order valence-corrected chi connectivity index (χ2v) is 3.86. The van der Waals surface area contributed by atoms with E-state index in [1.165, 1.54) is 32.5 Å². The minimum atomic E-state index is -0.710. The van der Waals surface area contributed by atoms with Gasteiger partial charge < -0.3 is 14.4 Å². The average molecular weight is 280 g/mol. The van der Waals surface area contributed by atoms with E-state index in [0.29, 0.717) is 0 Å². The molecule has 0 radical (unpaired) electrons. The van der Waals surface area contributed by atoms with Gasteiger partial charge in [-0.05, 0) is 19.1 Å². The maximum Gasteiger partial charge on any atom is 0.357 e. The predicted octanol–water partition coefficient (Wildman–Crippen LogP) is 0.503. The van der Waals surface area contributed by atoms with Gasteiger partial charge in [0.2, 0.25) is 0 Å². The Kier molecular flexibility index (Phi) is 5.64. The van der Waals surface area contributed by atoms with E-state index in [9.17, 15) is 14.4 Å². The number of hydrogen-bond acceptors (Lipinski definition) is 6. The Morgan fingerprint density at radius 2 is 2.05 bits per heavy atom. The molecule has 0 fully saturated rings. The van der Waals surface area contributed by atoms with Gasteiger partial charge >= 0.3 is 11.9 Å². The third kappa shape index (κ3) is 3.78. The van der Waals surface area contributed by atoms with E-state index in [0.717, 1.165) is 4.90 Å². The molecule has 0 unspecified atom stereocenters. The van der Waals surface area contributed by atoms with Crippen LogP contribution in [0.5, 0.6) is 0 Å². The lowest BCUT2D eigenvalue weighted by Crippen LogP contribution is -2.34. The van der Waals surface area contributed by atoms with Crippen molar-refractivity contribution in [1.82, 2.24) is 9.88 Å². The van der Waals surface area contributed by atoms with Gasteiger partial charge in [-0.1, -0.05) is 0 Å². The Morgan fingerprint density at radius 3 is 2.65 bits per heavy atom. The first-order chi connectivity index (χ1) is 9.51. The molecule has 1 rings (SSSR count). The van der Waals surface area contributed by atoms with E-state index < -0.39 is 17.8 Å². The number of carbonyl (C=O) groups excluding carboxylic acids is 3. The second kappa shape index (κ2) is 7.22. The molecule has 0 atom stereocenters. The van der Waals surface area contributed by atoms with Crippen LogP contribution in [-0.4, -0.2) is 55.0 Å². The molecule has 1 aromatic heterocycles. The summed E-state index contributed by atoms with van der Waals surface area (Å²) in [5, 5.41) is 0. The standard InChI is InChI=1S/C13H16N2O5/c1-4-20-10(16)8-15(2)12(17)9-6-5-7-14-11(9)13(18)19-3/h5-7H,4,8H2,1-3H3. The van der Waals surface area contributed by atoms with E-state index >= 15 is 0 Å². The minimum absolute atomic E-state index is 0.0751. The normalized spacial score (nSPS) is 9.75.